The zero-order valence-electron chi connectivity index (χ0n) is 13.0. The first-order valence-electron chi connectivity index (χ1n) is 7.49. The molecule has 2 atom stereocenters. The first-order chi connectivity index (χ1) is 11.3. The highest BCUT2D eigenvalue weighted by molar-refractivity contribution is 6.32. The van der Waals surface area contributed by atoms with Gasteiger partial charge in [0.05, 0.1) is 17.9 Å². The summed E-state index contributed by atoms with van der Waals surface area (Å²) >= 11 is 6.07. The second-order valence-corrected chi connectivity index (χ2v) is 6.06. The molecule has 2 aromatic rings. The summed E-state index contributed by atoms with van der Waals surface area (Å²) in [6.07, 6.45) is -1.04. The molecule has 130 valence electrons. The zero-order valence-corrected chi connectivity index (χ0v) is 13.8. The molecule has 2 heterocycles. The number of hydrogen-bond acceptors (Lipinski definition) is 5. The van der Waals surface area contributed by atoms with Crippen LogP contribution in [0.4, 0.5) is 30.6 Å². The van der Waals surface area contributed by atoms with Crippen molar-refractivity contribution in [3.63, 3.8) is 0 Å². The molecule has 0 aliphatic heterocycles. The van der Waals surface area contributed by atoms with Crippen LogP contribution < -0.4 is 10.6 Å². The minimum Gasteiger partial charge on any atom is -0.370 e. The lowest BCUT2D eigenvalue weighted by Gasteiger charge is -2.13. The van der Waals surface area contributed by atoms with E-state index in [2.05, 4.69) is 32.6 Å². The van der Waals surface area contributed by atoms with E-state index < -0.39 is 11.7 Å². The molecule has 0 spiro atoms. The standard InChI is InChI=1S/C14H16ClF3N6/c1-3-19-12-8(14(16,17)18)5-20-13(22-12)21-9-6-24(23-11(9)15)10-4-7(10)2/h5-7,10H,3-4H2,1-2H3,(H2,19,20,21,22)/t7-,10+/m1/s1. The fourth-order valence-electron chi connectivity index (χ4n) is 2.37. The van der Waals surface area contributed by atoms with Crippen molar-refractivity contribution in [1.29, 1.82) is 0 Å². The Morgan fingerprint density at radius 3 is 2.71 bits per heavy atom. The first-order valence-corrected chi connectivity index (χ1v) is 7.87. The molecular weight excluding hydrogens is 345 g/mol. The molecule has 6 nitrogen and oxygen atoms in total. The summed E-state index contributed by atoms with van der Waals surface area (Å²) in [7, 11) is 0. The van der Waals surface area contributed by atoms with E-state index in [1.807, 2.05) is 0 Å². The summed E-state index contributed by atoms with van der Waals surface area (Å²) in [6.45, 7) is 4.10. The van der Waals surface area contributed by atoms with Gasteiger partial charge in [-0.3, -0.25) is 4.68 Å². The third-order valence-electron chi connectivity index (χ3n) is 3.78. The molecule has 0 amide bonds. The monoisotopic (exact) mass is 360 g/mol. The Bertz CT molecular complexity index is 745. The molecule has 0 aromatic carbocycles. The summed E-state index contributed by atoms with van der Waals surface area (Å²) in [5.41, 5.74) is -0.457. The van der Waals surface area contributed by atoms with E-state index in [0.717, 1.165) is 12.6 Å². The molecule has 10 heteroatoms. The molecule has 2 N–H and O–H groups in total. The van der Waals surface area contributed by atoms with Gasteiger partial charge in [-0.15, -0.1) is 0 Å². The SMILES string of the molecule is CCNc1nc(Nc2cn([C@H]3C[C@H]3C)nc2Cl)ncc1C(F)(F)F. The maximum absolute atomic E-state index is 13.0. The minimum atomic E-state index is -4.53. The predicted molar refractivity (Wildman–Crippen MR) is 84.5 cm³/mol. The predicted octanol–water partition coefficient (Wildman–Crippen LogP) is 4.10. The summed E-state index contributed by atoms with van der Waals surface area (Å²) in [4.78, 5) is 7.63. The highest BCUT2D eigenvalue weighted by Gasteiger charge is 2.36. The van der Waals surface area contributed by atoms with E-state index in [4.69, 9.17) is 11.6 Å². The number of halogens is 4. The van der Waals surface area contributed by atoms with Gasteiger partial charge in [0.15, 0.2) is 5.15 Å². The molecule has 0 bridgehead atoms. The van der Waals surface area contributed by atoms with Gasteiger partial charge in [-0.05, 0) is 19.3 Å². The van der Waals surface area contributed by atoms with E-state index in [1.54, 1.807) is 17.8 Å². The molecule has 2 aromatic heterocycles. The Kier molecular flexibility index (Phi) is 4.29. The average molecular weight is 361 g/mol. The Morgan fingerprint density at radius 1 is 1.42 bits per heavy atom. The summed E-state index contributed by atoms with van der Waals surface area (Å²) in [5, 5.41) is 9.85. The number of aromatic nitrogens is 4. The van der Waals surface area contributed by atoms with E-state index in [0.29, 0.717) is 24.2 Å². The fourth-order valence-corrected chi connectivity index (χ4v) is 2.55. The molecule has 1 aliphatic rings. The Morgan fingerprint density at radius 2 is 2.12 bits per heavy atom. The van der Waals surface area contributed by atoms with Crippen LogP contribution in [-0.2, 0) is 6.18 Å². The van der Waals surface area contributed by atoms with Gasteiger partial charge >= 0.3 is 6.18 Å². The third-order valence-corrected chi connectivity index (χ3v) is 4.06. The Hall–Kier alpha value is -2.03. The van der Waals surface area contributed by atoms with E-state index >= 15 is 0 Å². The van der Waals surface area contributed by atoms with Gasteiger partial charge in [0.25, 0.3) is 0 Å². The number of alkyl halides is 3. The quantitative estimate of drug-likeness (QED) is 0.840. The van der Waals surface area contributed by atoms with Crippen molar-refractivity contribution >= 4 is 29.1 Å². The maximum atomic E-state index is 13.0. The maximum Gasteiger partial charge on any atom is 0.421 e. The van der Waals surface area contributed by atoms with Crippen LogP contribution in [0.25, 0.3) is 0 Å². The van der Waals surface area contributed by atoms with Crippen LogP contribution in [0.5, 0.6) is 0 Å². The smallest absolute Gasteiger partial charge is 0.370 e. The Balaban J connectivity index is 1.85. The first kappa shape index (κ1) is 16.8. The lowest BCUT2D eigenvalue weighted by molar-refractivity contribution is -0.137. The van der Waals surface area contributed by atoms with E-state index in [9.17, 15) is 13.2 Å². The number of nitrogens with zero attached hydrogens (tertiary/aromatic N) is 4. The summed E-state index contributed by atoms with van der Waals surface area (Å²) in [6, 6.07) is 0.309. The molecule has 3 rings (SSSR count). The second-order valence-electron chi connectivity index (χ2n) is 5.70. The van der Waals surface area contributed by atoms with Crippen molar-refractivity contribution in [2.75, 3.05) is 17.2 Å². The molecule has 0 saturated heterocycles. The van der Waals surface area contributed by atoms with Crippen molar-refractivity contribution < 1.29 is 13.2 Å². The van der Waals surface area contributed by atoms with Crippen molar-refractivity contribution in [1.82, 2.24) is 19.7 Å². The molecule has 1 fully saturated rings. The minimum absolute atomic E-state index is 0.0178. The number of anilines is 3. The van der Waals surface area contributed by atoms with Crippen LogP contribution >= 0.6 is 11.6 Å². The summed E-state index contributed by atoms with van der Waals surface area (Å²) < 4.78 is 40.6. The van der Waals surface area contributed by atoms with Crippen molar-refractivity contribution in [3.05, 3.63) is 23.1 Å². The van der Waals surface area contributed by atoms with Gasteiger partial charge in [0, 0.05) is 12.7 Å². The van der Waals surface area contributed by atoms with Crippen LogP contribution in [0, 0.1) is 5.92 Å². The van der Waals surface area contributed by atoms with Crippen LogP contribution in [0.2, 0.25) is 5.15 Å². The van der Waals surface area contributed by atoms with Gasteiger partial charge < -0.3 is 10.6 Å². The molecule has 1 saturated carbocycles. The highest BCUT2D eigenvalue weighted by Crippen LogP contribution is 2.43. The molecule has 1 aliphatic carbocycles. The van der Waals surface area contributed by atoms with Crippen molar-refractivity contribution in [2.24, 2.45) is 5.92 Å². The lowest BCUT2D eigenvalue weighted by Crippen LogP contribution is -2.14. The van der Waals surface area contributed by atoms with Gasteiger partial charge in [-0.2, -0.15) is 23.3 Å². The van der Waals surface area contributed by atoms with Crippen LogP contribution in [-0.4, -0.2) is 26.3 Å². The normalized spacial score (nSPS) is 20.1. The Labute approximate surface area is 141 Å². The van der Waals surface area contributed by atoms with Crippen LogP contribution in [0.3, 0.4) is 0 Å². The highest BCUT2D eigenvalue weighted by atomic mass is 35.5. The average Bonchev–Trinajstić information content (AvgIpc) is 3.11. The second kappa shape index (κ2) is 6.12. The zero-order chi connectivity index (χ0) is 17.5. The largest absolute Gasteiger partial charge is 0.421 e. The fraction of sp³-hybridized carbons (Fsp3) is 0.500. The number of hydrogen-bond donors (Lipinski definition) is 2. The van der Waals surface area contributed by atoms with Gasteiger partial charge in [0.1, 0.15) is 11.4 Å². The third kappa shape index (κ3) is 3.40. The van der Waals surface area contributed by atoms with E-state index in [-0.39, 0.29) is 16.9 Å². The topological polar surface area (TPSA) is 67.7 Å². The number of rotatable bonds is 5. The van der Waals surface area contributed by atoms with Gasteiger partial charge in [0.2, 0.25) is 5.95 Å². The van der Waals surface area contributed by atoms with Crippen LogP contribution in [0.1, 0.15) is 31.9 Å². The van der Waals surface area contributed by atoms with Crippen LogP contribution in [0.15, 0.2) is 12.4 Å². The van der Waals surface area contributed by atoms with Crippen molar-refractivity contribution in [2.45, 2.75) is 32.5 Å². The molecular formula is C14H16ClF3N6. The lowest BCUT2D eigenvalue weighted by atomic mass is 10.3. The van der Waals surface area contributed by atoms with Gasteiger partial charge in [-0.1, -0.05) is 18.5 Å². The molecule has 0 radical (unpaired) electrons. The molecule has 24 heavy (non-hydrogen) atoms. The summed E-state index contributed by atoms with van der Waals surface area (Å²) in [5.74, 6) is 0.280. The van der Waals surface area contributed by atoms with E-state index in [1.165, 1.54) is 0 Å². The number of nitrogens with one attached hydrogen (secondary N) is 2. The van der Waals surface area contributed by atoms with Crippen molar-refractivity contribution in [3.8, 4) is 0 Å². The molecule has 0 unspecified atom stereocenters. The van der Waals surface area contributed by atoms with Gasteiger partial charge in [-0.25, -0.2) is 4.98 Å².